The zero-order valence-corrected chi connectivity index (χ0v) is 7.44. The van der Waals surface area contributed by atoms with Gasteiger partial charge in [-0.2, -0.15) is 0 Å². The van der Waals surface area contributed by atoms with Crippen LogP contribution in [0.15, 0.2) is 30.3 Å². The van der Waals surface area contributed by atoms with E-state index in [-0.39, 0.29) is 0 Å². The standard InChI is InChI=1S/C10H10N3/c1-13-8-11-12-10(13)7-9-5-3-2-4-6-9/h2-6H,7H2,1H3. The van der Waals surface area contributed by atoms with Crippen LogP contribution in [-0.2, 0) is 13.5 Å². The Morgan fingerprint density at radius 2 is 2.08 bits per heavy atom. The maximum absolute atomic E-state index is 3.97. The van der Waals surface area contributed by atoms with Gasteiger partial charge >= 0.3 is 0 Å². The molecular formula is C10H10N3. The predicted molar refractivity (Wildman–Crippen MR) is 49.1 cm³/mol. The summed E-state index contributed by atoms with van der Waals surface area (Å²) >= 11 is 0. The second-order valence-electron chi connectivity index (χ2n) is 2.94. The summed E-state index contributed by atoms with van der Waals surface area (Å²) in [6.45, 7) is 0. The number of nitrogens with zero attached hydrogens (tertiary/aromatic N) is 3. The molecule has 2 rings (SSSR count). The number of hydrogen-bond donors (Lipinski definition) is 0. The number of aryl methyl sites for hydroxylation is 1. The van der Waals surface area contributed by atoms with E-state index in [0.29, 0.717) is 0 Å². The normalized spacial score (nSPS) is 10.2. The molecule has 3 nitrogen and oxygen atoms in total. The highest BCUT2D eigenvalue weighted by atomic mass is 15.2. The minimum Gasteiger partial charge on any atom is -0.311 e. The van der Waals surface area contributed by atoms with Crippen molar-refractivity contribution in [2.75, 3.05) is 0 Å². The first-order valence-electron chi connectivity index (χ1n) is 4.16. The zero-order valence-electron chi connectivity index (χ0n) is 7.44. The average Bonchev–Trinajstić information content (AvgIpc) is 2.54. The Kier molecular flexibility index (Phi) is 2.08. The van der Waals surface area contributed by atoms with E-state index in [1.807, 2.05) is 29.8 Å². The van der Waals surface area contributed by atoms with Gasteiger partial charge in [-0.1, -0.05) is 30.3 Å². The molecule has 0 aliphatic heterocycles. The second kappa shape index (κ2) is 3.39. The summed E-state index contributed by atoms with van der Waals surface area (Å²) in [6, 6.07) is 10.2. The molecule has 0 amide bonds. The first kappa shape index (κ1) is 7.98. The van der Waals surface area contributed by atoms with Gasteiger partial charge in [0.05, 0.1) is 0 Å². The van der Waals surface area contributed by atoms with Gasteiger partial charge in [-0.15, -0.1) is 10.2 Å². The molecule has 0 saturated heterocycles. The van der Waals surface area contributed by atoms with Crippen LogP contribution in [0.4, 0.5) is 0 Å². The number of rotatable bonds is 2. The van der Waals surface area contributed by atoms with Gasteiger partial charge in [0.15, 0.2) is 0 Å². The Balaban J connectivity index is 2.20. The molecule has 65 valence electrons. The van der Waals surface area contributed by atoms with Crippen molar-refractivity contribution in [2.45, 2.75) is 6.42 Å². The summed E-state index contributed by atoms with van der Waals surface area (Å²) in [7, 11) is 1.90. The Morgan fingerprint density at radius 3 is 2.69 bits per heavy atom. The van der Waals surface area contributed by atoms with Crippen molar-refractivity contribution in [2.24, 2.45) is 7.05 Å². The maximum atomic E-state index is 3.97. The van der Waals surface area contributed by atoms with Crippen LogP contribution in [0.5, 0.6) is 0 Å². The van der Waals surface area contributed by atoms with Gasteiger partial charge < -0.3 is 4.57 Å². The zero-order chi connectivity index (χ0) is 9.10. The van der Waals surface area contributed by atoms with Crippen LogP contribution in [0, 0.1) is 6.33 Å². The van der Waals surface area contributed by atoms with Gasteiger partial charge in [-0.3, -0.25) is 0 Å². The lowest BCUT2D eigenvalue weighted by Gasteiger charge is -1.99. The molecule has 1 heterocycles. The van der Waals surface area contributed by atoms with Crippen molar-refractivity contribution in [1.82, 2.24) is 14.8 Å². The van der Waals surface area contributed by atoms with Gasteiger partial charge in [-0.05, 0) is 5.56 Å². The Labute approximate surface area is 77.0 Å². The fourth-order valence-electron chi connectivity index (χ4n) is 1.20. The fraction of sp³-hybridized carbons (Fsp3) is 0.200. The topological polar surface area (TPSA) is 30.7 Å². The van der Waals surface area contributed by atoms with Crippen LogP contribution in [0.3, 0.4) is 0 Å². The molecule has 0 aliphatic rings. The minimum absolute atomic E-state index is 0.813. The molecule has 2 aromatic rings. The van der Waals surface area contributed by atoms with E-state index >= 15 is 0 Å². The molecule has 0 spiro atoms. The molecule has 0 aliphatic carbocycles. The molecule has 0 unspecified atom stereocenters. The number of aromatic nitrogens is 3. The van der Waals surface area contributed by atoms with Crippen LogP contribution in [0.25, 0.3) is 0 Å². The predicted octanol–water partition coefficient (Wildman–Crippen LogP) is 1.21. The quantitative estimate of drug-likeness (QED) is 0.681. The molecule has 1 aromatic heterocycles. The Hall–Kier alpha value is -1.64. The summed E-state index contributed by atoms with van der Waals surface area (Å²) in [5, 5.41) is 7.67. The second-order valence-corrected chi connectivity index (χ2v) is 2.94. The van der Waals surface area contributed by atoms with Crippen LogP contribution in [0.2, 0.25) is 0 Å². The highest BCUT2D eigenvalue weighted by Gasteiger charge is 2.01. The van der Waals surface area contributed by atoms with E-state index < -0.39 is 0 Å². The fourth-order valence-corrected chi connectivity index (χ4v) is 1.20. The summed E-state index contributed by atoms with van der Waals surface area (Å²) < 4.78 is 1.81. The summed E-state index contributed by atoms with van der Waals surface area (Å²) in [6.07, 6.45) is 3.56. The van der Waals surface area contributed by atoms with Crippen molar-refractivity contribution in [3.05, 3.63) is 48.0 Å². The van der Waals surface area contributed by atoms with E-state index in [2.05, 4.69) is 28.7 Å². The van der Waals surface area contributed by atoms with E-state index in [9.17, 15) is 0 Å². The van der Waals surface area contributed by atoms with E-state index in [0.717, 1.165) is 12.2 Å². The monoisotopic (exact) mass is 172 g/mol. The third kappa shape index (κ3) is 1.75. The SMILES string of the molecule is Cn1[c]nnc1Cc1ccccc1. The van der Waals surface area contributed by atoms with E-state index in [1.165, 1.54) is 5.56 Å². The Morgan fingerprint density at radius 1 is 1.31 bits per heavy atom. The summed E-state index contributed by atoms with van der Waals surface area (Å²) in [5.74, 6) is 0.936. The highest BCUT2D eigenvalue weighted by Crippen LogP contribution is 2.04. The van der Waals surface area contributed by atoms with Crippen molar-refractivity contribution in [3.8, 4) is 0 Å². The van der Waals surface area contributed by atoms with Crippen LogP contribution in [0.1, 0.15) is 11.4 Å². The number of hydrogen-bond acceptors (Lipinski definition) is 2. The molecule has 0 N–H and O–H groups in total. The van der Waals surface area contributed by atoms with Crippen LogP contribution >= 0.6 is 0 Å². The van der Waals surface area contributed by atoms with Crippen molar-refractivity contribution < 1.29 is 0 Å². The largest absolute Gasteiger partial charge is 0.311 e. The summed E-state index contributed by atoms with van der Waals surface area (Å²) in [5.41, 5.74) is 1.24. The minimum atomic E-state index is 0.813. The van der Waals surface area contributed by atoms with Crippen LogP contribution < -0.4 is 0 Å². The van der Waals surface area contributed by atoms with Gasteiger partial charge in [-0.25, -0.2) is 0 Å². The molecule has 3 heteroatoms. The van der Waals surface area contributed by atoms with E-state index in [1.54, 1.807) is 0 Å². The molecule has 0 fully saturated rings. The lowest BCUT2D eigenvalue weighted by atomic mass is 10.1. The first-order chi connectivity index (χ1) is 6.36. The van der Waals surface area contributed by atoms with Crippen molar-refractivity contribution in [1.29, 1.82) is 0 Å². The molecule has 1 aromatic carbocycles. The van der Waals surface area contributed by atoms with Gasteiger partial charge in [0.1, 0.15) is 5.82 Å². The Bertz CT molecular complexity index is 378. The van der Waals surface area contributed by atoms with Crippen molar-refractivity contribution >= 4 is 0 Å². The van der Waals surface area contributed by atoms with Crippen LogP contribution in [-0.4, -0.2) is 14.8 Å². The maximum Gasteiger partial charge on any atom is 0.201 e. The molecule has 0 saturated carbocycles. The highest BCUT2D eigenvalue weighted by molar-refractivity contribution is 5.18. The first-order valence-corrected chi connectivity index (χ1v) is 4.16. The summed E-state index contributed by atoms with van der Waals surface area (Å²) in [4.78, 5) is 0. The lowest BCUT2D eigenvalue weighted by Crippen LogP contribution is -1.98. The third-order valence-electron chi connectivity index (χ3n) is 1.95. The lowest BCUT2D eigenvalue weighted by molar-refractivity contribution is 0.817. The molecule has 0 bridgehead atoms. The molecular weight excluding hydrogens is 162 g/mol. The molecule has 0 atom stereocenters. The third-order valence-corrected chi connectivity index (χ3v) is 1.95. The van der Waals surface area contributed by atoms with E-state index in [4.69, 9.17) is 0 Å². The average molecular weight is 172 g/mol. The molecule has 1 radical (unpaired) electrons. The number of benzene rings is 1. The smallest absolute Gasteiger partial charge is 0.201 e. The van der Waals surface area contributed by atoms with Crippen molar-refractivity contribution in [3.63, 3.8) is 0 Å². The van der Waals surface area contributed by atoms with Gasteiger partial charge in [0, 0.05) is 13.5 Å². The van der Waals surface area contributed by atoms with Gasteiger partial charge in [0.2, 0.25) is 6.33 Å². The van der Waals surface area contributed by atoms with Gasteiger partial charge in [0.25, 0.3) is 0 Å². The molecule has 13 heavy (non-hydrogen) atoms.